The first-order valence-corrected chi connectivity index (χ1v) is 10.5. The first-order chi connectivity index (χ1) is 15.6. The number of nitrogens with zero attached hydrogens (tertiary/aromatic N) is 7. The largest absolute Gasteiger partial charge is 0.340 e. The van der Waals surface area contributed by atoms with Gasteiger partial charge in [-0.2, -0.15) is 10.1 Å². The molecule has 10 nitrogen and oxygen atoms in total. The second kappa shape index (κ2) is 8.39. The van der Waals surface area contributed by atoms with Gasteiger partial charge in [0.1, 0.15) is 5.52 Å². The lowest BCUT2D eigenvalue weighted by atomic mass is 10.1. The Bertz CT molecular complexity index is 1300. The summed E-state index contributed by atoms with van der Waals surface area (Å²) >= 11 is 0. The number of carbonyl (C=O) groups excluding carboxylic acids is 1. The number of benzene rings is 1. The lowest BCUT2D eigenvalue weighted by Gasteiger charge is -2.33. The van der Waals surface area contributed by atoms with Crippen LogP contribution in [0, 0.1) is 0 Å². The molecule has 10 heteroatoms. The Morgan fingerprint density at radius 2 is 1.84 bits per heavy atom. The van der Waals surface area contributed by atoms with Gasteiger partial charge in [0.25, 0.3) is 5.56 Å². The number of aromatic nitrogens is 5. The third kappa shape index (κ3) is 4.04. The highest BCUT2D eigenvalue weighted by Crippen LogP contribution is 2.17. The molecule has 5 rings (SSSR count). The van der Waals surface area contributed by atoms with Crippen LogP contribution in [0.1, 0.15) is 18.6 Å². The van der Waals surface area contributed by atoms with Gasteiger partial charge in [-0.1, -0.05) is 35.5 Å². The van der Waals surface area contributed by atoms with E-state index in [0.717, 1.165) is 24.3 Å². The minimum Gasteiger partial charge on any atom is -0.340 e. The predicted molar refractivity (Wildman–Crippen MR) is 116 cm³/mol. The van der Waals surface area contributed by atoms with Gasteiger partial charge in [-0.3, -0.25) is 14.5 Å². The van der Waals surface area contributed by atoms with E-state index in [1.165, 1.54) is 0 Å². The molecule has 0 spiro atoms. The number of hydrogen-bond donors (Lipinski definition) is 0. The summed E-state index contributed by atoms with van der Waals surface area (Å²) < 4.78 is 8.52. The number of carbonyl (C=O) groups is 1. The summed E-state index contributed by atoms with van der Waals surface area (Å²) in [7, 11) is 0. The molecule has 1 saturated heterocycles. The van der Waals surface area contributed by atoms with E-state index >= 15 is 0 Å². The quantitative estimate of drug-likeness (QED) is 0.467. The molecule has 1 aromatic carbocycles. The average molecular weight is 433 g/mol. The molecule has 0 bridgehead atoms. The fourth-order valence-electron chi connectivity index (χ4n) is 3.88. The highest BCUT2D eigenvalue weighted by Gasteiger charge is 2.20. The molecule has 1 aliphatic rings. The summed E-state index contributed by atoms with van der Waals surface area (Å²) in [5.41, 5.74) is 2.01. The number of amides is 1. The zero-order chi connectivity index (χ0) is 22.1. The van der Waals surface area contributed by atoms with E-state index in [1.54, 1.807) is 34.5 Å². The third-order valence-electron chi connectivity index (χ3n) is 5.67. The summed E-state index contributed by atoms with van der Waals surface area (Å²) in [6.45, 7) is 5.24. The molecule has 0 unspecified atom stereocenters. The minimum atomic E-state index is -0.172. The van der Waals surface area contributed by atoms with E-state index in [9.17, 15) is 9.59 Å². The predicted octanol–water partition coefficient (Wildman–Crippen LogP) is 1.26. The van der Waals surface area contributed by atoms with Crippen LogP contribution in [0.25, 0.3) is 16.8 Å². The van der Waals surface area contributed by atoms with Gasteiger partial charge in [0.05, 0.1) is 18.8 Å². The van der Waals surface area contributed by atoms with Crippen molar-refractivity contribution in [1.82, 2.24) is 34.1 Å². The molecular weight excluding hydrogens is 410 g/mol. The number of piperazine rings is 1. The highest BCUT2D eigenvalue weighted by atomic mass is 16.5. The lowest BCUT2D eigenvalue weighted by Crippen LogP contribution is -2.47. The second-order valence-corrected chi connectivity index (χ2v) is 7.84. The first-order valence-electron chi connectivity index (χ1n) is 10.5. The van der Waals surface area contributed by atoms with Crippen molar-refractivity contribution in [2.75, 3.05) is 26.2 Å². The van der Waals surface area contributed by atoms with E-state index in [1.807, 2.05) is 35.2 Å². The van der Waals surface area contributed by atoms with Crippen molar-refractivity contribution in [3.05, 3.63) is 70.9 Å². The van der Waals surface area contributed by atoms with E-state index in [0.29, 0.717) is 36.9 Å². The van der Waals surface area contributed by atoms with Crippen molar-refractivity contribution in [2.24, 2.45) is 0 Å². The van der Waals surface area contributed by atoms with Crippen LogP contribution in [0.15, 0.2) is 58.1 Å². The Hall–Kier alpha value is -3.79. The van der Waals surface area contributed by atoms with Crippen LogP contribution < -0.4 is 5.56 Å². The Balaban J connectivity index is 1.29. The van der Waals surface area contributed by atoms with Crippen molar-refractivity contribution in [2.45, 2.75) is 20.0 Å². The Morgan fingerprint density at radius 1 is 1.06 bits per heavy atom. The zero-order valence-corrected chi connectivity index (χ0v) is 17.7. The van der Waals surface area contributed by atoms with Crippen LogP contribution in [0.3, 0.4) is 0 Å². The summed E-state index contributed by atoms with van der Waals surface area (Å²) in [6, 6.07) is 11.5. The minimum absolute atomic E-state index is 0.0983. The second-order valence-electron chi connectivity index (χ2n) is 7.84. The summed E-state index contributed by atoms with van der Waals surface area (Å²) in [5.74, 6) is 1.04. The SMILES string of the molecule is CC(=O)N1CCN(Cc2nc(Cn3ccn4nc(-c5ccccc5)cc4c3=O)no2)CC1. The molecule has 4 aromatic rings. The molecule has 3 aromatic heterocycles. The topological polar surface area (TPSA) is 102 Å². The van der Waals surface area contributed by atoms with Crippen LogP contribution >= 0.6 is 0 Å². The maximum atomic E-state index is 13.0. The maximum absolute atomic E-state index is 13.0. The summed E-state index contributed by atoms with van der Waals surface area (Å²) in [5, 5.41) is 8.54. The fraction of sp³-hybridized carbons (Fsp3) is 0.318. The van der Waals surface area contributed by atoms with Crippen LogP contribution in [0.2, 0.25) is 0 Å². The van der Waals surface area contributed by atoms with Gasteiger partial charge in [-0.25, -0.2) is 4.52 Å². The van der Waals surface area contributed by atoms with Gasteiger partial charge in [0, 0.05) is 51.1 Å². The molecule has 1 fully saturated rings. The molecule has 1 aliphatic heterocycles. The van der Waals surface area contributed by atoms with Gasteiger partial charge in [0.15, 0.2) is 5.82 Å². The van der Waals surface area contributed by atoms with Gasteiger partial charge in [0.2, 0.25) is 11.8 Å². The standard InChI is InChI=1S/C22H23N7O3/c1-16(30)27-9-7-26(8-10-27)15-21-23-20(25-32-21)14-28-11-12-29-19(22(28)31)13-18(24-29)17-5-3-2-4-6-17/h2-6,11-13H,7-10,14-15H2,1H3. The number of rotatable bonds is 5. The highest BCUT2D eigenvalue weighted by molar-refractivity contribution is 5.73. The molecular formula is C22H23N7O3. The van der Waals surface area contributed by atoms with Gasteiger partial charge in [-0.15, -0.1) is 0 Å². The molecule has 0 saturated carbocycles. The first kappa shape index (κ1) is 20.1. The summed E-state index contributed by atoms with van der Waals surface area (Å²) in [6.07, 6.45) is 3.42. The van der Waals surface area contributed by atoms with Gasteiger partial charge < -0.3 is 14.0 Å². The molecule has 0 aliphatic carbocycles. The number of fused-ring (bicyclic) bond motifs is 1. The molecule has 0 N–H and O–H groups in total. The third-order valence-corrected chi connectivity index (χ3v) is 5.67. The normalized spacial score (nSPS) is 14.8. The van der Waals surface area contributed by atoms with Crippen molar-refractivity contribution in [3.8, 4) is 11.3 Å². The summed E-state index contributed by atoms with van der Waals surface area (Å²) in [4.78, 5) is 32.9. The van der Waals surface area contributed by atoms with Crippen molar-refractivity contribution >= 4 is 11.4 Å². The van der Waals surface area contributed by atoms with E-state index in [4.69, 9.17) is 4.52 Å². The van der Waals surface area contributed by atoms with E-state index < -0.39 is 0 Å². The average Bonchev–Trinajstić information content (AvgIpc) is 3.44. The monoisotopic (exact) mass is 433 g/mol. The van der Waals surface area contributed by atoms with Crippen LogP contribution in [-0.4, -0.2) is 66.2 Å². The molecule has 0 atom stereocenters. The van der Waals surface area contributed by atoms with E-state index in [2.05, 4.69) is 20.1 Å². The Morgan fingerprint density at radius 3 is 2.59 bits per heavy atom. The smallest absolute Gasteiger partial charge is 0.277 e. The van der Waals surface area contributed by atoms with Gasteiger partial charge >= 0.3 is 0 Å². The van der Waals surface area contributed by atoms with Crippen molar-refractivity contribution < 1.29 is 9.32 Å². The van der Waals surface area contributed by atoms with E-state index in [-0.39, 0.29) is 18.0 Å². The zero-order valence-electron chi connectivity index (χ0n) is 17.7. The Kier molecular flexibility index (Phi) is 5.28. The van der Waals surface area contributed by atoms with Crippen molar-refractivity contribution in [3.63, 3.8) is 0 Å². The van der Waals surface area contributed by atoms with Crippen LogP contribution in [0.4, 0.5) is 0 Å². The molecule has 1 amide bonds. The fourth-order valence-corrected chi connectivity index (χ4v) is 3.88. The molecule has 32 heavy (non-hydrogen) atoms. The molecule has 0 radical (unpaired) electrons. The van der Waals surface area contributed by atoms with Crippen LogP contribution in [0.5, 0.6) is 0 Å². The molecule has 4 heterocycles. The molecule has 164 valence electrons. The number of hydrogen-bond acceptors (Lipinski definition) is 7. The Labute approximate surface area is 183 Å². The van der Waals surface area contributed by atoms with Crippen LogP contribution in [-0.2, 0) is 17.9 Å². The maximum Gasteiger partial charge on any atom is 0.277 e. The lowest BCUT2D eigenvalue weighted by molar-refractivity contribution is -0.130. The van der Waals surface area contributed by atoms with Crippen molar-refractivity contribution in [1.29, 1.82) is 0 Å². The van der Waals surface area contributed by atoms with Gasteiger partial charge in [-0.05, 0) is 6.07 Å².